The van der Waals surface area contributed by atoms with Crippen molar-refractivity contribution in [3.05, 3.63) is 52.1 Å². The first-order valence-corrected chi connectivity index (χ1v) is 8.40. The van der Waals surface area contributed by atoms with Gasteiger partial charge in [0, 0.05) is 12.1 Å². The number of nitrogens with zero attached hydrogens (tertiary/aromatic N) is 2. The van der Waals surface area contributed by atoms with Crippen LogP contribution in [0.2, 0.25) is 0 Å². The highest BCUT2D eigenvalue weighted by Gasteiger charge is 2.60. The van der Waals surface area contributed by atoms with E-state index in [1.165, 1.54) is 24.3 Å². The molecule has 0 aromatic heterocycles. The summed E-state index contributed by atoms with van der Waals surface area (Å²) >= 11 is 0. The van der Waals surface area contributed by atoms with Gasteiger partial charge in [0.05, 0.1) is 29.2 Å². The van der Waals surface area contributed by atoms with Crippen LogP contribution in [0.15, 0.2) is 36.4 Å². The van der Waals surface area contributed by atoms with Crippen LogP contribution >= 0.6 is 0 Å². The fourth-order valence-corrected chi connectivity index (χ4v) is 4.60. The number of fused-ring (bicyclic) bond motifs is 5. The van der Waals surface area contributed by atoms with E-state index in [0.717, 1.165) is 11.3 Å². The summed E-state index contributed by atoms with van der Waals surface area (Å²) in [6, 6.07) is 4.42. The smallest absolute Gasteiger partial charge is 0.305 e. The summed E-state index contributed by atoms with van der Waals surface area (Å²) in [5.41, 5.74) is 0.0718. The number of nitro benzene ring substituents is 1. The van der Waals surface area contributed by atoms with Crippen molar-refractivity contribution in [1.82, 2.24) is 4.90 Å². The quantitative estimate of drug-likeness (QED) is 0.373. The minimum Gasteiger partial charge on any atom is -0.481 e. The fraction of sp³-hybridized carbons (Fsp3) is 0.389. The Balaban J connectivity index is 1.73. The molecule has 1 aromatic rings. The van der Waals surface area contributed by atoms with Crippen molar-refractivity contribution in [3.8, 4) is 0 Å². The van der Waals surface area contributed by atoms with Crippen LogP contribution in [-0.2, 0) is 14.4 Å². The Labute approximate surface area is 148 Å². The molecule has 26 heavy (non-hydrogen) atoms. The molecule has 0 radical (unpaired) electrons. The molecule has 8 nitrogen and oxygen atoms in total. The monoisotopic (exact) mass is 356 g/mol. The predicted molar refractivity (Wildman–Crippen MR) is 87.7 cm³/mol. The standard InChI is InChI=1S/C18H16N2O6/c21-14(22)8-13(9-2-1-3-12(7-9)20(25)26)19-17(23)15-10-4-5-11(6-10)16(15)18(19)24/h1-5,7,10-11,13,15-16H,6,8H2,(H,21,22). The Hall–Kier alpha value is -3.03. The number of hydrogen-bond donors (Lipinski definition) is 1. The molecule has 5 unspecified atom stereocenters. The van der Waals surface area contributed by atoms with Crippen molar-refractivity contribution in [2.75, 3.05) is 0 Å². The maximum absolute atomic E-state index is 12.9. The fourth-order valence-electron chi connectivity index (χ4n) is 4.60. The van der Waals surface area contributed by atoms with E-state index in [1.807, 2.05) is 12.2 Å². The van der Waals surface area contributed by atoms with Crippen molar-refractivity contribution in [1.29, 1.82) is 0 Å². The van der Waals surface area contributed by atoms with Crippen LogP contribution < -0.4 is 0 Å². The topological polar surface area (TPSA) is 118 Å². The molecular weight excluding hydrogens is 340 g/mol. The lowest BCUT2D eigenvalue weighted by Crippen LogP contribution is -2.37. The molecule has 2 bridgehead atoms. The number of benzene rings is 1. The lowest BCUT2D eigenvalue weighted by atomic mass is 9.85. The number of hydrogen-bond acceptors (Lipinski definition) is 5. The summed E-state index contributed by atoms with van der Waals surface area (Å²) in [5, 5.41) is 20.3. The zero-order valence-corrected chi connectivity index (χ0v) is 13.6. The van der Waals surface area contributed by atoms with Crippen LogP contribution in [0, 0.1) is 33.8 Å². The highest BCUT2D eigenvalue weighted by molar-refractivity contribution is 6.07. The summed E-state index contributed by atoms with van der Waals surface area (Å²) < 4.78 is 0. The second kappa shape index (κ2) is 5.76. The number of likely N-dealkylation sites (tertiary alicyclic amines) is 1. The Morgan fingerprint density at radius 3 is 2.38 bits per heavy atom. The highest BCUT2D eigenvalue weighted by atomic mass is 16.6. The number of rotatable bonds is 5. The number of non-ortho nitro benzene ring substituents is 1. The Bertz CT molecular complexity index is 833. The number of carbonyl (C=O) groups is 3. The number of nitro groups is 1. The van der Waals surface area contributed by atoms with Gasteiger partial charge in [0.1, 0.15) is 0 Å². The van der Waals surface area contributed by atoms with E-state index in [9.17, 15) is 29.6 Å². The van der Waals surface area contributed by atoms with Gasteiger partial charge in [-0.1, -0.05) is 24.3 Å². The Morgan fingerprint density at radius 1 is 1.23 bits per heavy atom. The lowest BCUT2D eigenvalue weighted by Gasteiger charge is -2.27. The zero-order chi connectivity index (χ0) is 18.6. The first-order chi connectivity index (χ1) is 12.4. The normalized spacial score (nSPS) is 29.9. The maximum Gasteiger partial charge on any atom is 0.305 e. The van der Waals surface area contributed by atoms with Gasteiger partial charge in [-0.05, 0) is 23.8 Å². The van der Waals surface area contributed by atoms with Gasteiger partial charge in [-0.15, -0.1) is 0 Å². The van der Waals surface area contributed by atoms with Crippen molar-refractivity contribution in [2.45, 2.75) is 18.9 Å². The van der Waals surface area contributed by atoms with Gasteiger partial charge in [-0.3, -0.25) is 29.4 Å². The average molecular weight is 356 g/mol. The van der Waals surface area contributed by atoms with Gasteiger partial charge < -0.3 is 5.11 Å². The van der Waals surface area contributed by atoms with E-state index < -0.39 is 35.2 Å². The van der Waals surface area contributed by atoms with Crippen LogP contribution in [0.25, 0.3) is 0 Å². The van der Waals surface area contributed by atoms with E-state index in [0.29, 0.717) is 0 Å². The molecule has 1 aliphatic heterocycles. The average Bonchev–Trinajstić information content (AvgIpc) is 3.27. The van der Waals surface area contributed by atoms with Crippen LogP contribution in [0.4, 0.5) is 5.69 Å². The third-order valence-electron chi connectivity index (χ3n) is 5.65. The molecule has 1 N–H and O–H groups in total. The zero-order valence-electron chi connectivity index (χ0n) is 13.6. The van der Waals surface area contributed by atoms with Crippen molar-refractivity contribution < 1.29 is 24.4 Å². The molecule has 8 heteroatoms. The number of carboxylic acids is 1. The number of carbonyl (C=O) groups excluding carboxylic acids is 2. The lowest BCUT2D eigenvalue weighted by molar-refractivity contribution is -0.385. The van der Waals surface area contributed by atoms with Crippen LogP contribution in [-0.4, -0.2) is 32.7 Å². The molecule has 2 fully saturated rings. The second-order valence-electron chi connectivity index (χ2n) is 7.01. The van der Waals surface area contributed by atoms with Crippen molar-refractivity contribution in [3.63, 3.8) is 0 Å². The van der Waals surface area contributed by atoms with Crippen molar-refractivity contribution >= 4 is 23.5 Å². The summed E-state index contributed by atoms with van der Waals surface area (Å²) in [4.78, 5) is 48.7. The van der Waals surface area contributed by atoms with Crippen molar-refractivity contribution in [2.24, 2.45) is 23.7 Å². The molecule has 2 amide bonds. The van der Waals surface area contributed by atoms with Gasteiger partial charge in [-0.2, -0.15) is 0 Å². The molecule has 3 aliphatic rings. The summed E-state index contributed by atoms with van der Waals surface area (Å²) in [5.74, 6) is -2.76. The molecule has 1 saturated heterocycles. The maximum atomic E-state index is 12.9. The molecule has 134 valence electrons. The van der Waals surface area contributed by atoms with Gasteiger partial charge in [-0.25, -0.2) is 0 Å². The largest absolute Gasteiger partial charge is 0.481 e. The Morgan fingerprint density at radius 2 is 1.85 bits per heavy atom. The second-order valence-corrected chi connectivity index (χ2v) is 7.01. The van der Waals surface area contributed by atoms with Crippen LogP contribution in [0.5, 0.6) is 0 Å². The van der Waals surface area contributed by atoms with Crippen LogP contribution in [0.1, 0.15) is 24.4 Å². The van der Waals surface area contributed by atoms with Crippen LogP contribution in [0.3, 0.4) is 0 Å². The van der Waals surface area contributed by atoms with E-state index in [1.54, 1.807) is 0 Å². The molecule has 2 aliphatic carbocycles. The minimum absolute atomic E-state index is 0.0158. The van der Waals surface area contributed by atoms with E-state index in [2.05, 4.69) is 0 Å². The summed E-state index contributed by atoms with van der Waals surface area (Å²) in [6.45, 7) is 0. The molecule has 4 rings (SSSR count). The number of carboxylic acid groups (broad SMARTS) is 1. The summed E-state index contributed by atoms with van der Waals surface area (Å²) in [6.07, 6.45) is 4.21. The first kappa shape index (κ1) is 16.4. The predicted octanol–water partition coefficient (Wildman–Crippen LogP) is 1.92. The molecule has 5 atom stereocenters. The number of imide groups is 1. The third-order valence-corrected chi connectivity index (χ3v) is 5.65. The van der Waals surface area contributed by atoms with E-state index >= 15 is 0 Å². The van der Waals surface area contributed by atoms with Gasteiger partial charge >= 0.3 is 5.97 Å². The van der Waals surface area contributed by atoms with E-state index in [-0.39, 0.29) is 34.9 Å². The number of allylic oxidation sites excluding steroid dienone is 2. The van der Waals surface area contributed by atoms with E-state index in [4.69, 9.17) is 0 Å². The Kier molecular flexibility index (Phi) is 3.64. The number of amides is 2. The first-order valence-electron chi connectivity index (χ1n) is 8.40. The SMILES string of the molecule is O=C(O)CC(c1cccc([N+](=O)[O-])c1)N1C(=O)C2C3C=CC(C3)C2C1=O. The molecular formula is C18H16N2O6. The van der Waals surface area contributed by atoms with Gasteiger partial charge in [0.25, 0.3) is 5.69 Å². The van der Waals surface area contributed by atoms with Gasteiger partial charge in [0.15, 0.2) is 0 Å². The highest BCUT2D eigenvalue weighted by Crippen LogP contribution is 2.54. The third kappa shape index (κ3) is 2.33. The summed E-state index contributed by atoms with van der Waals surface area (Å²) in [7, 11) is 0. The molecule has 1 aromatic carbocycles. The minimum atomic E-state index is -1.18. The number of aliphatic carboxylic acids is 1. The van der Waals surface area contributed by atoms with Gasteiger partial charge in [0.2, 0.25) is 11.8 Å². The molecule has 0 spiro atoms. The molecule has 1 heterocycles. The molecule has 1 saturated carbocycles.